The second-order valence-electron chi connectivity index (χ2n) is 9.22. The molecule has 2 aromatic rings. The van der Waals surface area contributed by atoms with Crippen LogP contribution in [0.4, 0.5) is 0 Å². The fourth-order valence-corrected chi connectivity index (χ4v) is 5.16. The Morgan fingerprint density at radius 3 is 2.53 bits per heavy atom. The Morgan fingerprint density at radius 2 is 1.83 bits per heavy atom. The number of benzene rings is 1. The van der Waals surface area contributed by atoms with E-state index in [1.165, 1.54) is 57.2 Å². The molecule has 0 bridgehead atoms. The van der Waals surface area contributed by atoms with Crippen LogP contribution in [0, 0.1) is 12.8 Å². The number of likely N-dealkylation sites (tertiary alicyclic amines) is 1. The smallest absolute Gasteiger partial charge is 0.227 e. The van der Waals surface area contributed by atoms with Crippen LogP contribution in [0.2, 0.25) is 0 Å². The second-order valence-corrected chi connectivity index (χ2v) is 9.22. The van der Waals surface area contributed by atoms with Crippen LogP contribution in [-0.4, -0.2) is 46.4 Å². The largest absolute Gasteiger partial charge is 0.338 e. The van der Waals surface area contributed by atoms with Gasteiger partial charge in [-0.3, -0.25) is 9.78 Å². The van der Waals surface area contributed by atoms with Crippen molar-refractivity contribution in [1.82, 2.24) is 14.8 Å². The zero-order valence-electron chi connectivity index (χ0n) is 18.3. The summed E-state index contributed by atoms with van der Waals surface area (Å²) in [6.45, 7) is 5.99. The van der Waals surface area contributed by atoms with Gasteiger partial charge >= 0.3 is 0 Å². The van der Waals surface area contributed by atoms with Gasteiger partial charge in [-0.15, -0.1) is 0 Å². The number of aromatic nitrogens is 1. The lowest BCUT2D eigenvalue weighted by Gasteiger charge is -2.38. The summed E-state index contributed by atoms with van der Waals surface area (Å²) >= 11 is 0. The van der Waals surface area contributed by atoms with E-state index in [9.17, 15) is 4.79 Å². The standard InChI is InChI=1S/C26H35N3O/c1-21-6-4-7-23(16-21)17-26(30)29(20-24-8-5-13-27-18-24)19-22-11-14-28(15-12-22)25-9-2-3-10-25/h4-8,13,16,18,22,25H,2-3,9-12,14-15,17,19-20H2,1H3. The third-order valence-electron chi connectivity index (χ3n) is 6.86. The van der Waals surface area contributed by atoms with Crippen molar-refractivity contribution in [3.63, 3.8) is 0 Å². The van der Waals surface area contributed by atoms with Crippen LogP contribution in [0.3, 0.4) is 0 Å². The van der Waals surface area contributed by atoms with Crippen molar-refractivity contribution in [2.24, 2.45) is 5.92 Å². The first-order chi connectivity index (χ1) is 14.7. The lowest BCUT2D eigenvalue weighted by Crippen LogP contribution is -2.44. The van der Waals surface area contributed by atoms with E-state index in [4.69, 9.17) is 0 Å². The fraction of sp³-hybridized carbons (Fsp3) is 0.538. The summed E-state index contributed by atoms with van der Waals surface area (Å²) in [7, 11) is 0. The highest BCUT2D eigenvalue weighted by Gasteiger charge is 2.28. The zero-order chi connectivity index (χ0) is 20.8. The molecule has 2 heterocycles. The van der Waals surface area contributed by atoms with Gasteiger partial charge in [-0.1, -0.05) is 48.7 Å². The predicted octanol–water partition coefficient (Wildman–Crippen LogP) is 4.62. The summed E-state index contributed by atoms with van der Waals surface area (Å²) in [6, 6.07) is 13.2. The summed E-state index contributed by atoms with van der Waals surface area (Å²) in [5.41, 5.74) is 3.42. The zero-order valence-corrected chi connectivity index (χ0v) is 18.3. The topological polar surface area (TPSA) is 36.4 Å². The Hall–Kier alpha value is -2.20. The molecule has 0 spiro atoms. The minimum Gasteiger partial charge on any atom is -0.338 e. The van der Waals surface area contributed by atoms with E-state index >= 15 is 0 Å². The van der Waals surface area contributed by atoms with Gasteiger partial charge in [0, 0.05) is 31.5 Å². The Balaban J connectivity index is 1.39. The quantitative estimate of drug-likeness (QED) is 0.675. The molecule has 1 aromatic heterocycles. The van der Waals surface area contributed by atoms with Gasteiger partial charge in [0.2, 0.25) is 5.91 Å². The maximum atomic E-state index is 13.3. The minimum absolute atomic E-state index is 0.225. The Bertz CT molecular complexity index is 808. The number of rotatable bonds is 7. The van der Waals surface area contributed by atoms with Gasteiger partial charge in [0.25, 0.3) is 0 Å². The van der Waals surface area contributed by atoms with E-state index in [0.717, 1.165) is 23.7 Å². The molecule has 1 saturated carbocycles. The normalized spacial score (nSPS) is 18.6. The fourth-order valence-electron chi connectivity index (χ4n) is 5.16. The average molecular weight is 406 g/mol. The molecule has 2 fully saturated rings. The number of hydrogen-bond donors (Lipinski definition) is 0. The maximum Gasteiger partial charge on any atom is 0.227 e. The number of carbonyl (C=O) groups excluding carboxylic acids is 1. The maximum absolute atomic E-state index is 13.3. The molecule has 1 aliphatic carbocycles. The van der Waals surface area contributed by atoms with E-state index in [2.05, 4.69) is 46.0 Å². The van der Waals surface area contributed by atoms with Gasteiger partial charge in [0.05, 0.1) is 6.42 Å². The molecule has 0 unspecified atom stereocenters. The van der Waals surface area contributed by atoms with Gasteiger partial charge in [-0.05, 0) is 68.8 Å². The molecule has 160 valence electrons. The van der Waals surface area contributed by atoms with Crippen LogP contribution in [-0.2, 0) is 17.8 Å². The highest BCUT2D eigenvalue weighted by atomic mass is 16.2. The molecule has 0 atom stereocenters. The van der Waals surface area contributed by atoms with E-state index in [1.54, 1.807) is 6.20 Å². The van der Waals surface area contributed by atoms with Crippen LogP contribution >= 0.6 is 0 Å². The van der Waals surface area contributed by atoms with E-state index in [0.29, 0.717) is 18.9 Å². The number of carbonyl (C=O) groups is 1. The van der Waals surface area contributed by atoms with E-state index in [1.807, 2.05) is 18.3 Å². The van der Waals surface area contributed by atoms with Gasteiger partial charge < -0.3 is 9.80 Å². The summed E-state index contributed by atoms with van der Waals surface area (Å²) in [4.78, 5) is 22.3. The first-order valence-corrected chi connectivity index (χ1v) is 11.6. The van der Waals surface area contributed by atoms with Gasteiger partial charge in [0.1, 0.15) is 0 Å². The van der Waals surface area contributed by atoms with Crippen LogP contribution < -0.4 is 0 Å². The number of amides is 1. The van der Waals surface area contributed by atoms with Crippen molar-refractivity contribution in [2.75, 3.05) is 19.6 Å². The number of hydrogen-bond acceptors (Lipinski definition) is 3. The summed E-state index contributed by atoms with van der Waals surface area (Å²) in [5.74, 6) is 0.823. The molecule has 1 aromatic carbocycles. The molecule has 30 heavy (non-hydrogen) atoms. The molecule has 0 N–H and O–H groups in total. The SMILES string of the molecule is Cc1cccc(CC(=O)N(Cc2cccnc2)CC2CCN(C3CCCC3)CC2)c1. The first-order valence-electron chi connectivity index (χ1n) is 11.6. The van der Waals surface area contributed by atoms with Crippen molar-refractivity contribution in [2.45, 2.75) is 64.5 Å². The Labute approximate surface area is 181 Å². The molecule has 1 saturated heterocycles. The van der Waals surface area contributed by atoms with Gasteiger partial charge in [0.15, 0.2) is 0 Å². The van der Waals surface area contributed by atoms with Crippen LogP contribution in [0.5, 0.6) is 0 Å². The van der Waals surface area contributed by atoms with Crippen molar-refractivity contribution in [3.05, 3.63) is 65.5 Å². The average Bonchev–Trinajstić information content (AvgIpc) is 3.29. The van der Waals surface area contributed by atoms with Crippen LogP contribution in [0.15, 0.2) is 48.8 Å². The Kier molecular flexibility index (Phi) is 7.16. The molecule has 4 heteroatoms. The molecule has 1 amide bonds. The van der Waals surface area contributed by atoms with Gasteiger partial charge in [-0.2, -0.15) is 0 Å². The number of pyridine rings is 1. The summed E-state index contributed by atoms with van der Waals surface area (Å²) < 4.78 is 0. The molecular formula is C26H35N3O. The number of nitrogens with zero attached hydrogens (tertiary/aromatic N) is 3. The van der Waals surface area contributed by atoms with Crippen molar-refractivity contribution in [3.8, 4) is 0 Å². The van der Waals surface area contributed by atoms with Crippen molar-refractivity contribution in [1.29, 1.82) is 0 Å². The minimum atomic E-state index is 0.225. The lowest BCUT2D eigenvalue weighted by molar-refractivity contribution is -0.132. The highest BCUT2D eigenvalue weighted by molar-refractivity contribution is 5.78. The van der Waals surface area contributed by atoms with Crippen molar-refractivity contribution >= 4 is 5.91 Å². The third kappa shape index (κ3) is 5.69. The van der Waals surface area contributed by atoms with Crippen LogP contribution in [0.1, 0.15) is 55.2 Å². The van der Waals surface area contributed by atoms with Crippen LogP contribution in [0.25, 0.3) is 0 Å². The monoisotopic (exact) mass is 405 g/mol. The Morgan fingerprint density at radius 1 is 1.07 bits per heavy atom. The first kappa shape index (κ1) is 21.0. The molecule has 4 nitrogen and oxygen atoms in total. The summed E-state index contributed by atoms with van der Waals surface area (Å²) in [6.07, 6.45) is 12.1. The highest BCUT2D eigenvalue weighted by Crippen LogP contribution is 2.28. The molecular weight excluding hydrogens is 370 g/mol. The molecule has 0 radical (unpaired) electrons. The van der Waals surface area contributed by atoms with E-state index < -0.39 is 0 Å². The summed E-state index contributed by atoms with van der Waals surface area (Å²) in [5, 5.41) is 0. The number of piperidine rings is 1. The molecule has 1 aliphatic heterocycles. The van der Waals surface area contributed by atoms with E-state index in [-0.39, 0.29) is 5.91 Å². The molecule has 4 rings (SSSR count). The second kappa shape index (κ2) is 10.2. The molecule has 2 aliphatic rings. The predicted molar refractivity (Wildman–Crippen MR) is 121 cm³/mol. The lowest BCUT2D eigenvalue weighted by atomic mass is 9.94. The van der Waals surface area contributed by atoms with Crippen molar-refractivity contribution < 1.29 is 4.79 Å². The number of aryl methyl sites for hydroxylation is 1. The van der Waals surface area contributed by atoms with Gasteiger partial charge in [-0.25, -0.2) is 0 Å². The third-order valence-corrected chi connectivity index (χ3v) is 6.86.